The van der Waals surface area contributed by atoms with Gasteiger partial charge in [-0.05, 0) is 25.0 Å². The van der Waals surface area contributed by atoms with Gasteiger partial charge in [0.15, 0.2) is 0 Å². The average Bonchev–Trinajstić information content (AvgIpc) is 2.99. The molecule has 0 aliphatic heterocycles. The van der Waals surface area contributed by atoms with Gasteiger partial charge >= 0.3 is 0 Å². The van der Waals surface area contributed by atoms with E-state index in [2.05, 4.69) is 0 Å². The smallest absolute Gasteiger partial charge is 0.279 e. The minimum Gasteiger partial charge on any atom is -0.495 e. The molecule has 1 aliphatic carbocycles. The van der Waals surface area contributed by atoms with Gasteiger partial charge in [0.05, 0.1) is 17.7 Å². The van der Waals surface area contributed by atoms with Crippen LogP contribution in [-0.4, -0.2) is 7.11 Å². The molecule has 1 nitrogen and oxygen atoms in total. The van der Waals surface area contributed by atoms with Crippen molar-refractivity contribution < 1.29 is 13.5 Å². The lowest BCUT2D eigenvalue weighted by Gasteiger charge is -2.20. The third-order valence-corrected chi connectivity index (χ3v) is 3.16. The molecule has 0 aromatic heterocycles. The minimum atomic E-state index is -2.92. The Bertz CT molecular complexity index is 417. The molecule has 0 saturated heterocycles. The molecule has 0 unspecified atom stereocenters. The van der Waals surface area contributed by atoms with Gasteiger partial charge in [-0.2, -0.15) is 0 Å². The molecule has 1 fully saturated rings. The minimum absolute atomic E-state index is 0.0166. The molecule has 1 aliphatic rings. The molecule has 2 rings (SSSR count). The van der Waals surface area contributed by atoms with Gasteiger partial charge in [0, 0.05) is 10.9 Å². The lowest BCUT2D eigenvalue weighted by atomic mass is 10.0. The molecule has 16 heavy (non-hydrogen) atoms. The predicted molar refractivity (Wildman–Crippen MR) is 59.6 cm³/mol. The number of rotatable bonds is 3. The molecule has 0 radical (unpaired) electrons. The number of methoxy groups -OCH3 is 1. The molecule has 1 saturated carbocycles. The average molecular weight is 267 g/mol. The molecule has 0 N–H and O–H groups in total. The number of ether oxygens (including phenoxy) is 1. The lowest BCUT2D eigenvalue weighted by Crippen LogP contribution is -2.17. The maximum Gasteiger partial charge on any atom is 0.279 e. The Kier molecular flexibility index (Phi) is 3.01. The van der Waals surface area contributed by atoms with Crippen LogP contribution in [0.1, 0.15) is 18.4 Å². The Labute approximate surface area is 102 Å². The fourth-order valence-corrected chi connectivity index (χ4v) is 2.25. The summed E-state index contributed by atoms with van der Waals surface area (Å²) in [6.45, 7) is 0. The third kappa shape index (κ3) is 1.98. The highest BCUT2D eigenvalue weighted by atomic mass is 35.5. The van der Waals surface area contributed by atoms with E-state index < -0.39 is 11.8 Å². The van der Waals surface area contributed by atoms with E-state index in [0.717, 1.165) is 0 Å². The molecule has 1 aromatic rings. The zero-order chi connectivity index (χ0) is 11.9. The van der Waals surface area contributed by atoms with Crippen LogP contribution in [0.4, 0.5) is 8.78 Å². The second-order valence-corrected chi connectivity index (χ2v) is 4.71. The molecule has 0 amide bonds. The van der Waals surface area contributed by atoms with Gasteiger partial charge in [0.2, 0.25) is 0 Å². The molecule has 1 aromatic carbocycles. The molecule has 0 bridgehead atoms. The molecular weight excluding hydrogens is 257 g/mol. The first-order valence-corrected chi connectivity index (χ1v) is 5.63. The molecule has 88 valence electrons. The van der Waals surface area contributed by atoms with E-state index in [1.165, 1.54) is 19.2 Å². The zero-order valence-electron chi connectivity index (χ0n) is 8.57. The van der Waals surface area contributed by atoms with Crippen LogP contribution in [0.5, 0.6) is 5.75 Å². The van der Waals surface area contributed by atoms with Gasteiger partial charge in [0.25, 0.3) is 5.92 Å². The summed E-state index contributed by atoms with van der Waals surface area (Å²) in [6.07, 6.45) is 1.06. The van der Waals surface area contributed by atoms with Crippen LogP contribution in [-0.2, 0) is 5.92 Å². The van der Waals surface area contributed by atoms with Crippen molar-refractivity contribution in [2.75, 3.05) is 7.11 Å². The molecule has 0 spiro atoms. The second kappa shape index (κ2) is 4.04. The van der Waals surface area contributed by atoms with Crippen molar-refractivity contribution in [3.8, 4) is 5.75 Å². The first-order valence-electron chi connectivity index (χ1n) is 4.88. The normalized spacial score (nSPS) is 16.3. The summed E-state index contributed by atoms with van der Waals surface area (Å²) in [4.78, 5) is 0. The first kappa shape index (κ1) is 11.9. The van der Waals surface area contributed by atoms with Crippen LogP contribution in [0.15, 0.2) is 12.1 Å². The predicted octanol–water partition coefficient (Wildman–Crippen LogP) is 4.50. The van der Waals surface area contributed by atoms with Crippen molar-refractivity contribution in [2.24, 2.45) is 5.92 Å². The zero-order valence-corrected chi connectivity index (χ0v) is 10.1. The van der Waals surface area contributed by atoms with E-state index in [4.69, 9.17) is 27.9 Å². The topological polar surface area (TPSA) is 9.23 Å². The number of alkyl halides is 2. The number of hydrogen-bond donors (Lipinski definition) is 0. The Hall–Kier alpha value is -0.540. The summed E-state index contributed by atoms with van der Waals surface area (Å²) in [5, 5.41) is 0.312. The van der Waals surface area contributed by atoms with Crippen molar-refractivity contribution in [3.05, 3.63) is 27.7 Å². The van der Waals surface area contributed by atoms with E-state index in [9.17, 15) is 8.78 Å². The number of hydrogen-bond acceptors (Lipinski definition) is 1. The summed E-state index contributed by atoms with van der Waals surface area (Å²) in [7, 11) is 1.32. The summed E-state index contributed by atoms with van der Waals surface area (Å²) >= 11 is 11.6. The van der Waals surface area contributed by atoms with Gasteiger partial charge < -0.3 is 4.74 Å². The quantitative estimate of drug-likeness (QED) is 0.783. The maximum atomic E-state index is 14.0. The highest BCUT2D eigenvalue weighted by Crippen LogP contribution is 2.53. The molecular formula is C11H10Cl2F2O. The number of benzene rings is 1. The van der Waals surface area contributed by atoms with Crippen molar-refractivity contribution in [1.29, 1.82) is 0 Å². The van der Waals surface area contributed by atoms with Crippen molar-refractivity contribution >= 4 is 23.2 Å². The number of halogens is 4. The Morgan fingerprint density at radius 1 is 1.31 bits per heavy atom. The van der Waals surface area contributed by atoms with E-state index in [1.807, 2.05) is 0 Å². The summed E-state index contributed by atoms with van der Waals surface area (Å²) in [5.41, 5.74) is -0.213. The van der Waals surface area contributed by atoms with Gasteiger partial charge in [-0.3, -0.25) is 0 Å². The SMILES string of the molecule is COc1c(Cl)cc(Cl)cc1C(F)(F)C1CC1. The fraction of sp³-hybridized carbons (Fsp3) is 0.455. The maximum absolute atomic E-state index is 14.0. The summed E-state index contributed by atoms with van der Waals surface area (Å²) in [6, 6.07) is 2.62. The Morgan fingerprint density at radius 2 is 1.94 bits per heavy atom. The van der Waals surface area contributed by atoms with Crippen LogP contribution < -0.4 is 4.74 Å². The highest BCUT2D eigenvalue weighted by Gasteiger charge is 2.50. The first-order chi connectivity index (χ1) is 7.46. The van der Waals surface area contributed by atoms with Gasteiger partial charge in [-0.15, -0.1) is 0 Å². The third-order valence-electron chi connectivity index (χ3n) is 2.66. The van der Waals surface area contributed by atoms with Gasteiger partial charge in [-0.25, -0.2) is 8.78 Å². The van der Waals surface area contributed by atoms with Crippen molar-refractivity contribution in [3.63, 3.8) is 0 Å². The van der Waals surface area contributed by atoms with Crippen molar-refractivity contribution in [2.45, 2.75) is 18.8 Å². The molecule has 5 heteroatoms. The Morgan fingerprint density at radius 3 is 2.44 bits per heavy atom. The second-order valence-electron chi connectivity index (χ2n) is 3.87. The van der Waals surface area contributed by atoms with Gasteiger partial charge in [-0.1, -0.05) is 23.2 Å². The fourth-order valence-electron chi connectivity index (χ4n) is 1.68. The van der Waals surface area contributed by atoms with Gasteiger partial charge in [0.1, 0.15) is 5.75 Å². The van der Waals surface area contributed by atoms with E-state index >= 15 is 0 Å². The van der Waals surface area contributed by atoms with E-state index in [0.29, 0.717) is 12.8 Å². The molecule has 0 atom stereocenters. The highest BCUT2D eigenvalue weighted by molar-refractivity contribution is 6.35. The monoisotopic (exact) mass is 266 g/mol. The standard InChI is InChI=1S/C11H10Cl2F2O/c1-16-10-8(4-7(12)5-9(10)13)11(14,15)6-2-3-6/h4-6H,2-3H2,1H3. The lowest BCUT2D eigenvalue weighted by molar-refractivity contribution is -0.0304. The van der Waals surface area contributed by atoms with E-state index in [-0.39, 0.29) is 21.4 Å². The van der Waals surface area contributed by atoms with Crippen LogP contribution >= 0.6 is 23.2 Å². The van der Waals surface area contributed by atoms with Crippen LogP contribution in [0.3, 0.4) is 0 Å². The largest absolute Gasteiger partial charge is 0.495 e. The van der Waals surface area contributed by atoms with Crippen molar-refractivity contribution in [1.82, 2.24) is 0 Å². The van der Waals surface area contributed by atoms with Crippen LogP contribution in [0, 0.1) is 5.92 Å². The van der Waals surface area contributed by atoms with E-state index in [1.54, 1.807) is 0 Å². The summed E-state index contributed by atoms with van der Waals surface area (Å²) in [5.74, 6) is -3.52. The Balaban J connectivity index is 2.53. The molecule has 0 heterocycles. The van der Waals surface area contributed by atoms with Crippen LogP contribution in [0.2, 0.25) is 10.0 Å². The van der Waals surface area contributed by atoms with Crippen LogP contribution in [0.25, 0.3) is 0 Å². The summed E-state index contributed by atoms with van der Waals surface area (Å²) < 4.78 is 32.8.